The van der Waals surface area contributed by atoms with E-state index < -0.39 is 0 Å². The lowest BCUT2D eigenvalue weighted by molar-refractivity contribution is -0.0226. The molecule has 0 radical (unpaired) electrons. The molecule has 1 aliphatic heterocycles. The molecule has 0 amide bonds. The van der Waals surface area contributed by atoms with Crippen molar-refractivity contribution in [3.8, 4) is 11.5 Å². The summed E-state index contributed by atoms with van der Waals surface area (Å²) < 4.78 is 29.5. The van der Waals surface area contributed by atoms with Crippen molar-refractivity contribution < 1.29 is 23.7 Å². The van der Waals surface area contributed by atoms with Gasteiger partial charge in [-0.3, -0.25) is 0 Å². The summed E-state index contributed by atoms with van der Waals surface area (Å²) in [6, 6.07) is 25.4. The molecule has 0 saturated heterocycles. The number of methoxy groups -OCH3 is 2. The van der Waals surface area contributed by atoms with Gasteiger partial charge in [-0.15, -0.1) is 0 Å². The summed E-state index contributed by atoms with van der Waals surface area (Å²) in [5.41, 5.74) is 4.87. The molecule has 1 heterocycles. The molecule has 5 rings (SSSR count). The Labute approximate surface area is 239 Å². The van der Waals surface area contributed by atoms with Gasteiger partial charge in [0.05, 0.1) is 38.7 Å². The average Bonchev–Trinajstić information content (AvgIpc) is 3.01. The molecule has 3 aromatic rings. The van der Waals surface area contributed by atoms with Crippen LogP contribution in [-0.4, -0.2) is 53.2 Å². The minimum atomic E-state index is 0.156. The highest BCUT2D eigenvalue weighted by Crippen LogP contribution is 2.40. The summed E-state index contributed by atoms with van der Waals surface area (Å²) in [7, 11) is 3.47. The third-order valence-corrected chi connectivity index (χ3v) is 8.13. The molecule has 1 fully saturated rings. The largest absolute Gasteiger partial charge is 0.497 e. The Morgan fingerprint density at radius 1 is 0.900 bits per heavy atom. The zero-order valence-corrected chi connectivity index (χ0v) is 23.9. The van der Waals surface area contributed by atoms with E-state index in [0.717, 1.165) is 75.8 Å². The minimum absolute atomic E-state index is 0.156. The number of ether oxygens (including phenoxy) is 5. The number of fused-ring (bicyclic) bond motifs is 1. The first-order valence-electron chi connectivity index (χ1n) is 14.6. The van der Waals surface area contributed by atoms with Crippen LogP contribution in [-0.2, 0) is 27.4 Å². The summed E-state index contributed by atoms with van der Waals surface area (Å²) in [4.78, 5) is 2.40. The number of rotatable bonds is 13. The molecule has 3 aromatic carbocycles. The molecule has 214 valence electrons. The summed E-state index contributed by atoms with van der Waals surface area (Å²) in [6.07, 6.45) is 4.34. The maximum Gasteiger partial charge on any atom is 0.142 e. The SMILES string of the molecule is COCCCN1CCOc2ccc(CO[C@H]3CC[C@H](COCc4ccccc4)C[C@@H]3c3ccc(OC)cc3)cc21. The van der Waals surface area contributed by atoms with Crippen molar-refractivity contribution in [1.29, 1.82) is 0 Å². The van der Waals surface area contributed by atoms with Gasteiger partial charge in [0, 0.05) is 32.8 Å². The predicted molar refractivity (Wildman–Crippen MR) is 158 cm³/mol. The molecule has 1 saturated carbocycles. The highest BCUT2D eigenvalue weighted by Gasteiger charge is 2.32. The van der Waals surface area contributed by atoms with Gasteiger partial charge in [-0.1, -0.05) is 48.5 Å². The molecule has 40 heavy (non-hydrogen) atoms. The van der Waals surface area contributed by atoms with E-state index >= 15 is 0 Å². The first-order chi connectivity index (χ1) is 19.7. The minimum Gasteiger partial charge on any atom is -0.497 e. The van der Waals surface area contributed by atoms with Gasteiger partial charge < -0.3 is 28.6 Å². The molecule has 6 nitrogen and oxygen atoms in total. The second kappa shape index (κ2) is 14.5. The monoisotopic (exact) mass is 545 g/mol. The fraction of sp³-hybridized carbons (Fsp3) is 0.471. The first-order valence-corrected chi connectivity index (χ1v) is 14.6. The average molecular weight is 546 g/mol. The summed E-state index contributed by atoms with van der Waals surface area (Å²) in [5, 5.41) is 0. The van der Waals surface area contributed by atoms with Crippen molar-refractivity contribution in [2.24, 2.45) is 5.92 Å². The van der Waals surface area contributed by atoms with Crippen molar-refractivity contribution >= 4 is 5.69 Å². The van der Waals surface area contributed by atoms with E-state index in [2.05, 4.69) is 71.6 Å². The third kappa shape index (κ3) is 7.57. The van der Waals surface area contributed by atoms with Crippen molar-refractivity contribution in [2.45, 2.75) is 50.9 Å². The number of benzene rings is 3. The van der Waals surface area contributed by atoms with Crippen LogP contribution in [0.4, 0.5) is 5.69 Å². The van der Waals surface area contributed by atoms with Crippen LogP contribution in [0.25, 0.3) is 0 Å². The summed E-state index contributed by atoms with van der Waals surface area (Å²) in [5.74, 6) is 2.67. The lowest BCUT2D eigenvalue weighted by atomic mass is 9.76. The third-order valence-electron chi connectivity index (χ3n) is 8.13. The van der Waals surface area contributed by atoms with E-state index in [1.54, 1.807) is 14.2 Å². The van der Waals surface area contributed by atoms with Crippen LogP contribution >= 0.6 is 0 Å². The predicted octanol–water partition coefficient (Wildman–Crippen LogP) is 6.62. The highest BCUT2D eigenvalue weighted by molar-refractivity contribution is 5.61. The van der Waals surface area contributed by atoms with Crippen molar-refractivity contribution in [2.75, 3.05) is 52.0 Å². The molecule has 0 spiro atoms. The fourth-order valence-electron chi connectivity index (χ4n) is 5.94. The van der Waals surface area contributed by atoms with Gasteiger partial charge >= 0.3 is 0 Å². The van der Waals surface area contributed by atoms with E-state index in [1.807, 2.05) is 6.07 Å². The summed E-state index contributed by atoms with van der Waals surface area (Å²) in [6.45, 7) is 5.37. The van der Waals surface area contributed by atoms with Crippen molar-refractivity contribution in [1.82, 2.24) is 0 Å². The van der Waals surface area contributed by atoms with Crippen LogP contribution in [0.15, 0.2) is 72.8 Å². The Bertz CT molecular complexity index is 1170. The van der Waals surface area contributed by atoms with Gasteiger partial charge in [0.1, 0.15) is 18.1 Å². The molecule has 2 aliphatic rings. The topological polar surface area (TPSA) is 49.4 Å². The van der Waals surface area contributed by atoms with E-state index in [0.29, 0.717) is 25.0 Å². The molecule has 0 aromatic heterocycles. The second-order valence-corrected chi connectivity index (χ2v) is 10.9. The van der Waals surface area contributed by atoms with Crippen LogP contribution in [0.5, 0.6) is 11.5 Å². The van der Waals surface area contributed by atoms with E-state index in [9.17, 15) is 0 Å². The number of hydrogen-bond acceptors (Lipinski definition) is 6. The van der Waals surface area contributed by atoms with Crippen LogP contribution < -0.4 is 14.4 Å². The zero-order chi connectivity index (χ0) is 27.6. The van der Waals surface area contributed by atoms with Crippen LogP contribution in [0.3, 0.4) is 0 Å². The molecule has 1 aliphatic carbocycles. The van der Waals surface area contributed by atoms with Gasteiger partial charge in [-0.2, -0.15) is 0 Å². The van der Waals surface area contributed by atoms with Crippen molar-refractivity contribution in [3.63, 3.8) is 0 Å². The molecule has 0 unspecified atom stereocenters. The smallest absolute Gasteiger partial charge is 0.142 e. The van der Waals surface area contributed by atoms with Gasteiger partial charge in [-0.25, -0.2) is 0 Å². The van der Waals surface area contributed by atoms with Gasteiger partial charge in [0.25, 0.3) is 0 Å². The van der Waals surface area contributed by atoms with E-state index in [-0.39, 0.29) is 6.10 Å². The number of anilines is 1. The Morgan fingerprint density at radius 3 is 2.55 bits per heavy atom. The first kappa shape index (κ1) is 28.5. The normalized spacial score (nSPS) is 20.6. The standard InChI is InChI=1S/C34H43NO5/c1-36-19-6-17-35-18-20-39-34-16-10-28(22-32(34)35)25-40-33-15-9-27(24-38-23-26-7-4-3-5-8-26)21-31(33)29-11-13-30(37-2)14-12-29/h3-5,7-8,10-14,16,22,27,31,33H,6,9,15,17-21,23-25H2,1-2H3/t27-,31+,33-/m0/s1. The van der Waals surface area contributed by atoms with Crippen LogP contribution in [0.1, 0.15) is 48.3 Å². The van der Waals surface area contributed by atoms with Crippen LogP contribution in [0.2, 0.25) is 0 Å². The Balaban J connectivity index is 1.23. The number of hydrogen-bond donors (Lipinski definition) is 0. The molecule has 0 bridgehead atoms. The zero-order valence-electron chi connectivity index (χ0n) is 23.9. The quantitative estimate of drug-likeness (QED) is 0.225. The molecular formula is C34H43NO5. The van der Waals surface area contributed by atoms with E-state index in [4.69, 9.17) is 23.7 Å². The van der Waals surface area contributed by atoms with Gasteiger partial charge in [0.15, 0.2) is 0 Å². The van der Waals surface area contributed by atoms with Crippen molar-refractivity contribution in [3.05, 3.63) is 89.5 Å². The fourth-order valence-corrected chi connectivity index (χ4v) is 5.94. The Hall–Kier alpha value is -3.06. The highest BCUT2D eigenvalue weighted by atomic mass is 16.5. The lowest BCUT2D eigenvalue weighted by Gasteiger charge is -2.36. The van der Waals surface area contributed by atoms with Gasteiger partial charge in [0.2, 0.25) is 0 Å². The molecular weight excluding hydrogens is 502 g/mol. The Kier molecular flexibility index (Phi) is 10.3. The number of nitrogens with zero attached hydrogens (tertiary/aromatic N) is 1. The van der Waals surface area contributed by atoms with Crippen LogP contribution in [0, 0.1) is 5.92 Å². The second-order valence-electron chi connectivity index (χ2n) is 10.9. The lowest BCUT2D eigenvalue weighted by Crippen LogP contribution is -2.34. The maximum absolute atomic E-state index is 6.69. The van der Waals surface area contributed by atoms with Gasteiger partial charge in [-0.05, 0) is 72.6 Å². The molecule has 0 N–H and O–H groups in total. The van der Waals surface area contributed by atoms with E-state index in [1.165, 1.54) is 16.7 Å². The summed E-state index contributed by atoms with van der Waals surface area (Å²) >= 11 is 0. The molecule has 6 heteroatoms. The maximum atomic E-state index is 6.69. The molecule has 3 atom stereocenters. The Morgan fingerprint density at radius 2 is 1.75 bits per heavy atom.